The first-order valence-corrected chi connectivity index (χ1v) is 4.48. The third-order valence-electron chi connectivity index (χ3n) is 2.11. The molecule has 1 rings (SSSR count). The average molecular weight is 196 g/mol. The number of hydrogen-bond acceptors (Lipinski definition) is 3. The maximum absolute atomic E-state index is 5.50. The smallest absolute Gasteiger partial charge is 0.199 e. The number of methoxy groups -OCH3 is 2. The molecule has 0 fully saturated rings. The van der Waals surface area contributed by atoms with E-state index >= 15 is 0 Å². The largest absolute Gasteiger partial charge is 0.488 e. The van der Waals surface area contributed by atoms with E-state index in [1.165, 1.54) is 0 Å². The second-order valence-electron chi connectivity index (χ2n) is 3.14. The van der Waals surface area contributed by atoms with Gasteiger partial charge in [-0.25, -0.2) is 0 Å². The van der Waals surface area contributed by atoms with Gasteiger partial charge in [-0.2, -0.15) is 0 Å². The first kappa shape index (κ1) is 11.0. The fraction of sp³-hybridized carbons (Fsp3) is 0.455. The van der Waals surface area contributed by atoms with Crippen LogP contribution in [0.5, 0.6) is 5.75 Å². The highest BCUT2D eigenvalue weighted by Crippen LogP contribution is 2.14. The fourth-order valence-electron chi connectivity index (χ4n) is 0.932. The second-order valence-corrected chi connectivity index (χ2v) is 3.14. The molecule has 0 spiro atoms. The molecular formula is C11H16O3. The van der Waals surface area contributed by atoms with Crippen LogP contribution in [0.15, 0.2) is 30.3 Å². The molecule has 1 aromatic carbocycles. The van der Waals surface area contributed by atoms with Crippen LogP contribution in [0.4, 0.5) is 0 Å². The lowest BCUT2D eigenvalue weighted by Crippen LogP contribution is -2.36. The molecule has 0 aromatic heterocycles. The van der Waals surface area contributed by atoms with Crippen LogP contribution >= 0.6 is 0 Å². The molecule has 0 amide bonds. The molecule has 1 aromatic rings. The zero-order chi connectivity index (χ0) is 10.4. The predicted molar refractivity (Wildman–Crippen MR) is 54.4 cm³/mol. The zero-order valence-electron chi connectivity index (χ0n) is 8.82. The molecular weight excluding hydrogens is 180 g/mol. The van der Waals surface area contributed by atoms with Gasteiger partial charge < -0.3 is 14.2 Å². The van der Waals surface area contributed by atoms with E-state index in [2.05, 4.69) is 0 Å². The van der Waals surface area contributed by atoms with Gasteiger partial charge in [-0.15, -0.1) is 0 Å². The molecule has 0 saturated carbocycles. The first-order chi connectivity index (χ1) is 6.70. The van der Waals surface area contributed by atoms with Crippen molar-refractivity contribution in [2.75, 3.05) is 20.8 Å². The summed E-state index contributed by atoms with van der Waals surface area (Å²) in [4.78, 5) is 0. The van der Waals surface area contributed by atoms with Crippen LogP contribution in [0.25, 0.3) is 0 Å². The molecule has 3 nitrogen and oxygen atoms in total. The Kier molecular flexibility index (Phi) is 3.92. The van der Waals surface area contributed by atoms with Crippen LogP contribution in [-0.4, -0.2) is 26.6 Å². The number of ether oxygens (including phenoxy) is 3. The minimum absolute atomic E-state index is 0.365. The van der Waals surface area contributed by atoms with E-state index < -0.39 is 5.79 Å². The predicted octanol–water partition coefficient (Wildman–Crippen LogP) is 2.07. The van der Waals surface area contributed by atoms with Crippen LogP contribution in [-0.2, 0) is 9.47 Å². The SMILES string of the molecule is COC(C)(COc1ccccc1)OC. The molecule has 78 valence electrons. The Bertz CT molecular complexity index is 254. The van der Waals surface area contributed by atoms with Crippen LogP contribution in [0, 0.1) is 0 Å². The van der Waals surface area contributed by atoms with E-state index in [0.29, 0.717) is 6.61 Å². The van der Waals surface area contributed by atoms with Gasteiger partial charge in [0.25, 0.3) is 0 Å². The van der Waals surface area contributed by atoms with Gasteiger partial charge in [-0.3, -0.25) is 0 Å². The summed E-state index contributed by atoms with van der Waals surface area (Å²) in [7, 11) is 3.19. The van der Waals surface area contributed by atoms with Crippen molar-refractivity contribution >= 4 is 0 Å². The van der Waals surface area contributed by atoms with E-state index in [9.17, 15) is 0 Å². The Balaban J connectivity index is 2.48. The molecule has 0 bridgehead atoms. The van der Waals surface area contributed by atoms with Crippen molar-refractivity contribution in [2.45, 2.75) is 12.7 Å². The Labute approximate surface area is 84.6 Å². The fourth-order valence-corrected chi connectivity index (χ4v) is 0.932. The zero-order valence-corrected chi connectivity index (χ0v) is 8.82. The molecule has 0 aliphatic rings. The van der Waals surface area contributed by atoms with Crippen molar-refractivity contribution in [3.8, 4) is 5.75 Å². The topological polar surface area (TPSA) is 27.7 Å². The minimum atomic E-state index is -0.685. The second kappa shape index (κ2) is 4.98. The van der Waals surface area contributed by atoms with Crippen molar-refractivity contribution in [2.24, 2.45) is 0 Å². The monoisotopic (exact) mass is 196 g/mol. The lowest BCUT2D eigenvalue weighted by Gasteiger charge is -2.26. The molecule has 0 radical (unpaired) electrons. The summed E-state index contributed by atoms with van der Waals surface area (Å²) in [5, 5.41) is 0. The third kappa shape index (κ3) is 3.01. The van der Waals surface area contributed by atoms with Crippen LogP contribution < -0.4 is 4.74 Å². The van der Waals surface area contributed by atoms with Crippen LogP contribution in [0.1, 0.15) is 6.92 Å². The number of rotatable bonds is 5. The maximum Gasteiger partial charge on any atom is 0.199 e. The summed E-state index contributed by atoms with van der Waals surface area (Å²) in [5.74, 6) is 0.128. The molecule has 0 atom stereocenters. The average Bonchev–Trinajstić information content (AvgIpc) is 2.27. The lowest BCUT2D eigenvalue weighted by molar-refractivity contribution is -0.209. The van der Waals surface area contributed by atoms with E-state index in [1.807, 2.05) is 37.3 Å². The summed E-state index contributed by atoms with van der Waals surface area (Å²) in [5.41, 5.74) is 0. The van der Waals surface area contributed by atoms with Gasteiger partial charge in [-0.05, 0) is 19.1 Å². The normalized spacial score (nSPS) is 11.4. The minimum Gasteiger partial charge on any atom is -0.488 e. The number of hydrogen-bond donors (Lipinski definition) is 0. The van der Waals surface area contributed by atoms with Gasteiger partial charge in [0.1, 0.15) is 12.4 Å². The quantitative estimate of drug-likeness (QED) is 0.675. The molecule has 0 aliphatic carbocycles. The van der Waals surface area contributed by atoms with Crippen molar-refractivity contribution in [1.82, 2.24) is 0 Å². The van der Waals surface area contributed by atoms with Gasteiger partial charge >= 0.3 is 0 Å². The van der Waals surface area contributed by atoms with E-state index in [4.69, 9.17) is 14.2 Å². The summed E-state index contributed by atoms with van der Waals surface area (Å²) < 4.78 is 15.8. The molecule has 0 heterocycles. The standard InChI is InChI=1S/C11H16O3/c1-11(12-2,13-3)9-14-10-7-5-4-6-8-10/h4-8H,9H2,1-3H3. The highest BCUT2D eigenvalue weighted by Gasteiger charge is 2.23. The van der Waals surface area contributed by atoms with Crippen molar-refractivity contribution in [3.63, 3.8) is 0 Å². The number of para-hydroxylation sites is 1. The first-order valence-electron chi connectivity index (χ1n) is 4.48. The van der Waals surface area contributed by atoms with Crippen LogP contribution in [0.2, 0.25) is 0 Å². The van der Waals surface area contributed by atoms with E-state index in [0.717, 1.165) is 5.75 Å². The molecule has 0 N–H and O–H groups in total. The van der Waals surface area contributed by atoms with Crippen molar-refractivity contribution in [1.29, 1.82) is 0 Å². The molecule has 0 saturated heterocycles. The Hall–Kier alpha value is -1.06. The van der Waals surface area contributed by atoms with Crippen LogP contribution in [0.3, 0.4) is 0 Å². The van der Waals surface area contributed by atoms with Gasteiger partial charge in [0.05, 0.1) is 0 Å². The van der Waals surface area contributed by atoms with Gasteiger partial charge in [0.2, 0.25) is 0 Å². The van der Waals surface area contributed by atoms with E-state index in [-0.39, 0.29) is 0 Å². The highest BCUT2D eigenvalue weighted by molar-refractivity contribution is 5.20. The third-order valence-corrected chi connectivity index (χ3v) is 2.11. The number of benzene rings is 1. The molecule has 0 unspecified atom stereocenters. The Morgan fingerprint density at radius 2 is 1.64 bits per heavy atom. The van der Waals surface area contributed by atoms with Gasteiger partial charge in [-0.1, -0.05) is 18.2 Å². The van der Waals surface area contributed by atoms with Crippen molar-refractivity contribution in [3.05, 3.63) is 30.3 Å². The molecule has 0 aliphatic heterocycles. The summed E-state index contributed by atoms with van der Waals surface area (Å²) in [6.07, 6.45) is 0. The molecule has 14 heavy (non-hydrogen) atoms. The maximum atomic E-state index is 5.50. The summed E-state index contributed by atoms with van der Waals surface area (Å²) in [6, 6.07) is 9.58. The molecule has 3 heteroatoms. The summed E-state index contributed by atoms with van der Waals surface area (Å²) >= 11 is 0. The highest BCUT2D eigenvalue weighted by atomic mass is 16.7. The summed E-state index contributed by atoms with van der Waals surface area (Å²) in [6.45, 7) is 2.19. The lowest BCUT2D eigenvalue weighted by atomic mass is 10.3. The van der Waals surface area contributed by atoms with E-state index in [1.54, 1.807) is 14.2 Å². The Morgan fingerprint density at radius 1 is 1.07 bits per heavy atom. The van der Waals surface area contributed by atoms with Gasteiger partial charge in [0, 0.05) is 14.2 Å². The Morgan fingerprint density at radius 3 is 2.14 bits per heavy atom. The van der Waals surface area contributed by atoms with Crippen molar-refractivity contribution < 1.29 is 14.2 Å². The van der Waals surface area contributed by atoms with Gasteiger partial charge in [0.15, 0.2) is 5.79 Å².